The molecular formula is C22H21NO4S. The van der Waals surface area contributed by atoms with Crippen molar-refractivity contribution >= 4 is 11.8 Å². The van der Waals surface area contributed by atoms with E-state index in [2.05, 4.69) is 0 Å². The Morgan fingerprint density at radius 3 is 2.29 bits per heavy atom. The third-order valence-corrected chi connectivity index (χ3v) is 5.87. The van der Waals surface area contributed by atoms with Crippen LogP contribution in [0.4, 0.5) is 0 Å². The molecule has 3 aromatic carbocycles. The molecule has 0 saturated carbocycles. The molecule has 6 heteroatoms. The van der Waals surface area contributed by atoms with Gasteiger partial charge >= 0.3 is 0 Å². The molecule has 28 heavy (non-hydrogen) atoms. The van der Waals surface area contributed by atoms with Gasteiger partial charge in [-0.15, -0.1) is 11.8 Å². The second-order valence-electron chi connectivity index (χ2n) is 6.51. The maximum absolute atomic E-state index is 9.84. The third kappa shape index (κ3) is 3.88. The highest BCUT2D eigenvalue weighted by molar-refractivity contribution is 7.99. The lowest BCUT2D eigenvalue weighted by molar-refractivity contribution is 0.190. The lowest BCUT2D eigenvalue weighted by Gasteiger charge is -2.34. The van der Waals surface area contributed by atoms with Gasteiger partial charge in [0.25, 0.3) is 0 Å². The number of phenols is 2. The van der Waals surface area contributed by atoms with E-state index >= 15 is 0 Å². The van der Waals surface area contributed by atoms with Crippen molar-refractivity contribution in [2.45, 2.75) is 16.2 Å². The van der Waals surface area contributed by atoms with Crippen LogP contribution in [-0.2, 0) is 0 Å². The Morgan fingerprint density at radius 1 is 0.893 bits per heavy atom. The quantitative estimate of drug-likeness (QED) is 0.594. The minimum absolute atomic E-state index is 0.0364. The first-order valence-electron chi connectivity index (χ1n) is 9.02. The maximum atomic E-state index is 9.84. The van der Waals surface area contributed by atoms with Gasteiger partial charge in [0.05, 0.1) is 10.1 Å². The van der Waals surface area contributed by atoms with Gasteiger partial charge < -0.3 is 25.4 Å². The summed E-state index contributed by atoms with van der Waals surface area (Å²) in [6.07, 6.45) is -0.227. The van der Waals surface area contributed by atoms with E-state index in [9.17, 15) is 10.2 Å². The number of hydrogen-bond acceptors (Lipinski definition) is 6. The molecule has 3 aromatic rings. The van der Waals surface area contributed by atoms with Crippen molar-refractivity contribution in [3.05, 3.63) is 77.9 Å². The molecule has 2 atom stereocenters. The van der Waals surface area contributed by atoms with Crippen LogP contribution in [0, 0.1) is 0 Å². The molecule has 1 heterocycles. The molecule has 1 aliphatic rings. The Labute approximate surface area is 167 Å². The second-order valence-corrected chi connectivity index (χ2v) is 7.69. The fraction of sp³-hybridized carbons (Fsp3) is 0.182. The van der Waals surface area contributed by atoms with Crippen molar-refractivity contribution in [3.8, 4) is 23.0 Å². The van der Waals surface area contributed by atoms with Crippen LogP contribution in [0.1, 0.15) is 22.5 Å². The van der Waals surface area contributed by atoms with E-state index in [0.717, 1.165) is 27.5 Å². The van der Waals surface area contributed by atoms with Crippen LogP contribution in [0.2, 0.25) is 0 Å². The summed E-state index contributed by atoms with van der Waals surface area (Å²) in [5.41, 5.74) is 7.54. The first-order valence-corrected chi connectivity index (χ1v) is 9.90. The number of nitrogens with two attached hydrogens (primary N) is 1. The molecule has 0 aromatic heterocycles. The minimum Gasteiger partial charge on any atom is -0.508 e. The highest BCUT2D eigenvalue weighted by atomic mass is 32.2. The van der Waals surface area contributed by atoms with E-state index in [-0.39, 0.29) is 22.9 Å². The number of rotatable bonds is 5. The van der Waals surface area contributed by atoms with Crippen LogP contribution in [0.5, 0.6) is 23.0 Å². The molecule has 0 fully saturated rings. The molecular weight excluding hydrogens is 374 g/mol. The predicted octanol–water partition coefficient (Wildman–Crippen LogP) is 4.40. The number of aromatic hydroxyl groups is 2. The Kier molecular flexibility index (Phi) is 5.32. The van der Waals surface area contributed by atoms with Gasteiger partial charge in [-0.05, 0) is 53.6 Å². The van der Waals surface area contributed by atoms with Crippen LogP contribution in [-0.4, -0.2) is 23.4 Å². The molecule has 4 rings (SSSR count). The Balaban J connectivity index is 1.69. The second kappa shape index (κ2) is 8.04. The van der Waals surface area contributed by atoms with Gasteiger partial charge in [0.1, 0.15) is 35.7 Å². The monoisotopic (exact) mass is 395 g/mol. The first kappa shape index (κ1) is 18.5. The van der Waals surface area contributed by atoms with Crippen molar-refractivity contribution in [1.82, 2.24) is 0 Å². The number of hydrogen-bond donors (Lipinski definition) is 3. The Hall–Kier alpha value is -2.83. The summed E-state index contributed by atoms with van der Waals surface area (Å²) in [7, 11) is 0. The smallest absolute Gasteiger partial charge is 0.140 e. The molecule has 4 N–H and O–H groups in total. The van der Waals surface area contributed by atoms with Crippen molar-refractivity contribution in [1.29, 1.82) is 0 Å². The number of ether oxygens (including phenoxy) is 2. The largest absolute Gasteiger partial charge is 0.508 e. The van der Waals surface area contributed by atoms with Crippen molar-refractivity contribution in [3.63, 3.8) is 0 Å². The van der Waals surface area contributed by atoms with Crippen LogP contribution in [0.25, 0.3) is 0 Å². The van der Waals surface area contributed by atoms with Crippen LogP contribution in [0.3, 0.4) is 0 Å². The zero-order valence-corrected chi connectivity index (χ0v) is 15.9. The molecule has 0 aliphatic carbocycles. The molecule has 1 aliphatic heterocycles. The summed E-state index contributed by atoms with van der Waals surface area (Å²) in [6, 6.07) is 20.1. The molecule has 0 unspecified atom stereocenters. The fourth-order valence-electron chi connectivity index (χ4n) is 3.16. The summed E-state index contributed by atoms with van der Waals surface area (Å²) >= 11 is 1.64. The van der Waals surface area contributed by atoms with Gasteiger partial charge in [0, 0.05) is 6.54 Å². The molecule has 0 amide bonds. The first-order chi connectivity index (χ1) is 13.6. The molecule has 0 bridgehead atoms. The molecule has 0 saturated heterocycles. The number of fused-ring (bicyclic) bond motifs is 1. The SMILES string of the molecule is NCCOc1ccc([C@H]2Oc3ccc(O)cc3S[C@H]2c2ccc(O)cc2)cc1. The normalized spacial score (nSPS) is 18.2. The van der Waals surface area contributed by atoms with E-state index in [1.54, 1.807) is 42.1 Å². The summed E-state index contributed by atoms with van der Waals surface area (Å²) in [6.45, 7) is 0.943. The number of phenolic OH excluding ortho intramolecular Hbond substituents is 2. The predicted molar refractivity (Wildman–Crippen MR) is 109 cm³/mol. The van der Waals surface area contributed by atoms with E-state index < -0.39 is 0 Å². The maximum Gasteiger partial charge on any atom is 0.140 e. The molecule has 5 nitrogen and oxygen atoms in total. The third-order valence-electron chi connectivity index (χ3n) is 4.53. The van der Waals surface area contributed by atoms with E-state index in [4.69, 9.17) is 15.2 Å². The summed E-state index contributed by atoms with van der Waals surface area (Å²) in [4.78, 5) is 0.886. The van der Waals surface area contributed by atoms with Crippen LogP contribution >= 0.6 is 11.8 Å². The van der Waals surface area contributed by atoms with Crippen LogP contribution < -0.4 is 15.2 Å². The summed E-state index contributed by atoms with van der Waals surface area (Å²) < 4.78 is 11.9. The van der Waals surface area contributed by atoms with Crippen LogP contribution in [0.15, 0.2) is 71.6 Å². The standard InChI is InChI=1S/C22H21NO4S/c23-11-12-26-18-8-3-14(4-9-18)21-22(15-1-5-16(24)6-2-15)28-20-13-17(25)7-10-19(20)27-21/h1-10,13,21-22,24-25H,11-12,23H2/t21-,22+/m1/s1. The van der Waals surface area contributed by atoms with Gasteiger partial charge in [-0.2, -0.15) is 0 Å². The highest BCUT2D eigenvalue weighted by Crippen LogP contribution is 2.54. The van der Waals surface area contributed by atoms with E-state index in [1.165, 1.54) is 0 Å². The summed E-state index contributed by atoms with van der Waals surface area (Å²) in [5, 5.41) is 19.4. The number of benzene rings is 3. The topological polar surface area (TPSA) is 84.9 Å². The van der Waals surface area contributed by atoms with E-state index in [0.29, 0.717) is 13.2 Å². The lowest BCUT2D eigenvalue weighted by atomic mass is 10.00. The zero-order valence-electron chi connectivity index (χ0n) is 15.1. The fourth-order valence-corrected chi connectivity index (χ4v) is 4.49. The van der Waals surface area contributed by atoms with Gasteiger partial charge in [0.2, 0.25) is 0 Å². The van der Waals surface area contributed by atoms with Crippen molar-refractivity contribution in [2.75, 3.05) is 13.2 Å². The average Bonchev–Trinajstić information content (AvgIpc) is 2.72. The average molecular weight is 395 g/mol. The van der Waals surface area contributed by atoms with Crippen molar-refractivity contribution < 1.29 is 19.7 Å². The number of thioether (sulfide) groups is 1. The van der Waals surface area contributed by atoms with Gasteiger partial charge in [0.15, 0.2) is 0 Å². The zero-order chi connectivity index (χ0) is 19.5. The van der Waals surface area contributed by atoms with Crippen molar-refractivity contribution in [2.24, 2.45) is 5.73 Å². The van der Waals surface area contributed by atoms with Gasteiger partial charge in [-0.1, -0.05) is 24.3 Å². The summed E-state index contributed by atoms with van der Waals surface area (Å²) in [5.74, 6) is 1.94. The minimum atomic E-state index is -0.227. The van der Waals surface area contributed by atoms with Gasteiger partial charge in [-0.25, -0.2) is 0 Å². The molecule has 0 radical (unpaired) electrons. The highest BCUT2D eigenvalue weighted by Gasteiger charge is 2.33. The molecule has 144 valence electrons. The lowest BCUT2D eigenvalue weighted by Crippen LogP contribution is -2.19. The molecule has 0 spiro atoms. The van der Waals surface area contributed by atoms with Gasteiger partial charge in [-0.3, -0.25) is 0 Å². The Morgan fingerprint density at radius 2 is 1.57 bits per heavy atom. The Bertz CT molecular complexity index is 944. The van der Waals surface area contributed by atoms with E-state index in [1.807, 2.05) is 36.4 Å².